The molecule has 5 rings (SSSR count). The Morgan fingerprint density at radius 1 is 1.04 bits per heavy atom. The molecule has 3 heteroatoms. The molecule has 9 atom stereocenters. The molecular formula is C22H34O3. The van der Waals surface area contributed by atoms with Gasteiger partial charge in [-0.3, -0.25) is 4.79 Å². The summed E-state index contributed by atoms with van der Waals surface area (Å²) in [5.74, 6) is 3.13. The Bertz CT molecular complexity index is 631. The molecule has 1 N–H and O–H groups in total. The van der Waals surface area contributed by atoms with E-state index < -0.39 is 5.60 Å². The number of ketones is 1. The summed E-state index contributed by atoms with van der Waals surface area (Å²) < 4.78 is 6.20. The Kier molecular flexibility index (Phi) is 3.15. The highest BCUT2D eigenvalue weighted by Gasteiger charge is 2.85. The van der Waals surface area contributed by atoms with Gasteiger partial charge in [0.1, 0.15) is 5.60 Å². The number of rotatable bonds is 1. The van der Waals surface area contributed by atoms with Gasteiger partial charge < -0.3 is 9.84 Å². The number of carbonyl (C=O) groups is 1. The number of hydrogen-bond donors (Lipinski definition) is 1. The van der Waals surface area contributed by atoms with E-state index in [2.05, 4.69) is 20.8 Å². The van der Waals surface area contributed by atoms with Crippen molar-refractivity contribution in [3.8, 4) is 0 Å². The van der Waals surface area contributed by atoms with Crippen LogP contribution < -0.4 is 0 Å². The third-order valence-corrected chi connectivity index (χ3v) is 10.0. The molecule has 0 unspecified atom stereocenters. The predicted octanol–water partition coefficient (Wildman–Crippen LogP) is 4.12. The lowest BCUT2D eigenvalue weighted by Crippen LogP contribution is -2.56. The van der Waals surface area contributed by atoms with Crippen LogP contribution in [0.3, 0.4) is 0 Å². The molecule has 0 radical (unpaired) electrons. The number of hydrogen-bond acceptors (Lipinski definition) is 3. The number of Topliss-reactive ketones (excluding diaryl/α,β-unsaturated/α-hetero) is 1. The van der Waals surface area contributed by atoms with E-state index in [4.69, 9.17) is 4.74 Å². The van der Waals surface area contributed by atoms with Crippen molar-refractivity contribution in [2.45, 2.75) is 96.4 Å². The van der Waals surface area contributed by atoms with Gasteiger partial charge in [-0.1, -0.05) is 13.8 Å². The lowest BCUT2D eigenvalue weighted by Gasteiger charge is -2.61. The molecule has 140 valence electrons. The van der Waals surface area contributed by atoms with Crippen molar-refractivity contribution in [2.75, 3.05) is 0 Å². The molecule has 4 saturated carbocycles. The maximum Gasteiger partial charge on any atom is 0.165 e. The van der Waals surface area contributed by atoms with Gasteiger partial charge in [0.25, 0.3) is 0 Å². The van der Waals surface area contributed by atoms with Crippen LogP contribution in [-0.2, 0) is 9.53 Å². The van der Waals surface area contributed by atoms with E-state index in [1.54, 1.807) is 6.92 Å². The fourth-order valence-corrected chi connectivity index (χ4v) is 8.85. The van der Waals surface area contributed by atoms with Crippen LogP contribution in [-0.4, -0.2) is 28.2 Å². The van der Waals surface area contributed by atoms with E-state index in [1.165, 1.54) is 25.7 Å². The SMILES string of the molecule is CC(=O)[C@@]12O[C@@]1(C)C[C@H]1[C@@H]3CC[C@H]4C[C@@H](O)CC[C@]4(C)[C@H]3CC[C@@]12C. The van der Waals surface area contributed by atoms with Crippen LogP contribution in [0.5, 0.6) is 0 Å². The molecule has 5 aliphatic rings. The maximum atomic E-state index is 12.6. The first-order valence-corrected chi connectivity index (χ1v) is 10.6. The number of ether oxygens (including phenoxy) is 1. The van der Waals surface area contributed by atoms with E-state index in [-0.39, 0.29) is 22.9 Å². The quantitative estimate of drug-likeness (QED) is 0.727. The number of fused-ring (bicyclic) bond motifs is 7. The van der Waals surface area contributed by atoms with Crippen molar-refractivity contribution < 1.29 is 14.6 Å². The average Bonchev–Trinajstić information content (AvgIpc) is 3.13. The van der Waals surface area contributed by atoms with Crippen LogP contribution in [0, 0.1) is 34.5 Å². The van der Waals surface area contributed by atoms with Crippen molar-refractivity contribution in [3.63, 3.8) is 0 Å². The second-order valence-electron chi connectivity index (χ2n) is 10.8. The zero-order valence-electron chi connectivity index (χ0n) is 16.3. The number of aliphatic hydroxyl groups excluding tert-OH is 1. The summed E-state index contributed by atoms with van der Waals surface area (Å²) in [5.41, 5.74) is -0.253. The number of epoxide rings is 1. The van der Waals surface area contributed by atoms with Crippen LogP contribution in [0.25, 0.3) is 0 Å². The van der Waals surface area contributed by atoms with Gasteiger partial charge in [-0.2, -0.15) is 0 Å². The molecule has 1 aliphatic heterocycles. The second kappa shape index (κ2) is 4.70. The Morgan fingerprint density at radius 2 is 1.80 bits per heavy atom. The molecule has 0 aromatic rings. The van der Waals surface area contributed by atoms with Gasteiger partial charge >= 0.3 is 0 Å². The van der Waals surface area contributed by atoms with E-state index in [9.17, 15) is 9.90 Å². The molecule has 4 aliphatic carbocycles. The fourth-order valence-electron chi connectivity index (χ4n) is 8.85. The minimum absolute atomic E-state index is 0.0339. The molecular weight excluding hydrogens is 312 g/mol. The van der Waals surface area contributed by atoms with Gasteiger partial charge in [0, 0.05) is 5.41 Å². The monoisotopic (exact) mass is 346 g/mol. The van der Waals surface area contributed by atoms with Crippen LogP contribution >= 0.6 is 0 Å². The average molecular weight is 347 g/mol. The molecule has 0 spiro atoms. The van der Waals surface area contributed by atoms with E-state index in [1.807, 2.05) is 0 Å². The Balaban J connectivity index is 1.49. The maximum absolute atomic E-state index is 12.6. The number of carbonyl (C=O) groups excluding carboxylic acids is 1. The summed E-state index contributed by atoms with van der Waals surface area (Å²) in [6, 6.07) is 0. The van der Waals surface area contributed by atoms with E-state index in [0.29, 0.717) is 17.3 Å². The predicted molar refractivity (Wildman–Crippen MR) is 96.0 cm³/mol. The first kappa shape index (κ1) is 16.7. The van der Waals surface area contributed by atoms with Crippen molar-refractivity contribution in [1.82, 2.24) is 0 Å². The summed E-state index contributed by atoms with van der Waals surface area (Å²) in [5, 5.41) is 10.2. The smallest absolute Gasteiger partial charge is 0.165 e. The highest BCUT2D eigenvalue weighted by atomic mass is 16.6. The third kappa shape index (κ3) is 1.74. The fraction of sp³-hybridized carbons (Fsp3) is 0.955. The molecule has 3 nitrogen and oxygen atoms in total. The highest BCUT2D eigenvalue weighted by molar-refractivity contribution is 5.91. The van der Waals surface area contributed by atoms with Crippen LogP contribution in [0.4, 0.5) is 0 Å². The zero-order chi connectivity index (χ0) is 17.8. The first-order chi connectivity index (χ1) is 11.7. The number of aliphatic hydroxyl groups is 1. The summed E-state index contributed by atoms with van der Waals surface area (Å²) in [7, 11) is 0. The Hall–Kier alpha value is -0.410. The first-order valence-electron chi connectivity index (χ1n) is 10.6. The van der Waals surface area contributed by atoms with Crippen molar-refractivity contribution in [1.29, 1.82) is 0 Å². The lowest BCUT2D eigenvalue weighted by molar-refractivity contribution is -0.152. The Labute approximate surface area is 151 Å². The van der Waals surface area contributed by atoms with Crippen LogP contribution in [0.1, 0.15) is 79.1 Å². The van der Waals surface area contributed by atoms with Crippen molar-refractivity contribution in [2.24, 2.45) is 34.5 Å². The summed E-state index contributed by atoms with van der Waals surface area (Å²) in [6.07, 6.45) is 9.14. The molecule has 0 aromatic heterocycles. The molecule has 0 bridgehead atoms. The van der Waals surface area contributed by atoms with Crippen LogP contribution in [0.2, 0.25) is 0 Å². The van der Waals surface area contributed by atoms with Crippen molar-refractivity contribution in [3.05, 3.63) is 0 Å². The Morgan fingerprint density at radius 3 is 2.52 bits per heavy atom. The second-order valence-corrected chi connectivity index (χ2v) is 10.8. The molecule has 1 saturated heterocycles. The molecule has 0 aromatic carbocycles. The largest absolute Gasteiger partial charge is 0.393 e. The summed E-state index contributed by atoms with van der Waals surface area (Å²) >= 11 is 0. The summed E-state index contributed by atoms with van der Waals surface area (Å²) in [6.45, 7) is 8.84. The van der Waals surface area contributed by atoms with Gasteiger partial charge in [0.05, 0.1) is 6.10 Å². The third-order valence-electron chi connectivity index (χ3n) is 10.0. The summed E-state index contributed by atoms with van der Waals surface area (Å²) in [4.78, 5) is 12.6. The van der Waals surface area contributed by atoms with Gasteiger partial charge in [0.2, 0.25) is 0 Å². The zero-order valence-corrected chi connectivity index (χ0v) is 16.3. The standard InChI is InChI=1S/C22H34O3/c1-13(23)22-20(3)10-8-17-16(18(20)12-21(22,4)25-22)6-5-14-11-15(24)7-9-19(14,17)2/h14-18,24H,5-12H2,1-4H3/t14-,15-,16+,17-,18-,19-,20-,21-,22-/m0/s1. The van der Waals surface area contributed by atoms with Gasteiger partial charge in [-0.25, -0.2) is 0 Å². The van der Waals surface area contributed by atoms with Gasteiger partial charge in [0.15, 0.2) is 11.4 Å². The normalized spacial score (nSPS) is 62.4. The molecule has 0 amide bonds. The minimum atomic E-state index is -0.490. The molecule has 1 heterocycles. The minimum Gasteiger partial charge on any atom is -0.393 e. The van der Waals surface area contributed by atoms with Crippen LogP contribution in [0.15, 0.2) is 0 Å². The van der Waals surface area contributed by atoms with Gasteiger partial charge in [-0.15, -0.1) is 0 Å². The highest BCUT2D eigenvalue weighted by Crippen LogP contribution is 2.77. The molecule has 25 heavy (non-hydrogen) atoms. The van der Waals surface area contributed by atoms with E-state index >= 15 is 0 Å². The van der Waals surface area contributed by atoms with E-state index in [0.717, 1.165) is 37.5 Å². The topological polar surface area (TPSA) is 49.8 Å². The lowest BCUT2D eigenvalue weighted by atomic mass is 9.44. The van der Waals surface area contributed by atoms with Gasteiger partial charge in [-0.05, 0) is 94.3 Å². The van der Waals surface area contributed by atoms with Crippen molar-refractivity contribution >= 4 is 5.78 Å². The molecule has 5 fully saturated rings.